The highest BCUT2D eigenvalue weighted by atomic mass is 35.5. The van der Waals surface area contributed by atoms with Crippen molar-refractivity contribution < 1.29 is 4.79 Å². The first-order valence-electron chi connectivity index (χ1n) is 7.03. The number of amides is 1. The molecule has 0 radical (unpaired) electrons. The van der Waals surface area contributed by atoms with Crippen LogP contribution in [0.15, 0.2) is 12.1 Å². The number of carbonyl (C=O) groups excluding carboxylic acids is 1. The van der Waals surface area contributed by atoms with Gasteiger partial charge in [0.1, 0.15) is 6.04 Å². The molecule has 1 unspecified atom stereocenters. The molecule has 2 heterocycles. The third-order valence-corrected chi connectivity index (χ3v) is 4.73. The Labute approximate surface area is 124 Å². The minimum absolute atomic E-state index is 0.0172. The zero-order chi connectivity index (χ0) is 14.5. The molecule has 1 aromatic carbocycles. The highest BCUT2D eigenvalue weighted by Gasteiger charge is 2.36. The largest absolute Gasteiger partial charge is 0.365 e. The van der Waals surface area contributed by atoms with Crippen LogP contribution in [0.5, 0.6) is 0 Å². The van der Waals surface area contributed by atoms with E-state index in [1.54, 1.807) is 7.05 Å². The molecule has 2 aliphatic heterocycles. The van der Waals surface area contributed by atoms with Gasteiger partial charge in [-0.15, -0.1) is 0 Å². The number of hydrogen-bond acceptors (Lipinski definition) is 3. The van der Waals surface area contributed by atoms with Crippen molar-refractivity contribution in [2.75, 3.05) is 23.8 Å². The van der Waals surface area contributed by atoms with Crippen molar-refractivity contribution in [2.45, 2.75) is 38.3 Å². The van der Waals surface area contributed by atoms with Crippen LogP contribution in [-0.4, -0.2) is 25.0 Å². The summed E-state index contributed by atoms with van der Waals surface area (Å²) in [5.41, 5.74) is 2.94. The molecule has 0 bridgehead atoms. The zero-order valence-corrected chi connectivity index (χ0v) is 12.8. The predicted octanol–water partition coefficient (Wildman–Crippen LogP) is 2.93. The van der Waals surface area contributed by atoms with Crippen molar-refractivity contribution >= 4 is 28.9 Å². The van der Waals surface area contributed by atoms with Crippen LogP contribution >= 0.6 is 11.6 Å². The Bertz CT molecular complexity index is 570. The lowest BCUT2D eigenvalue weighted by Gasteiger charge is -2.34. The van der Waals surface area contributed by atoms with Gasteiger partial charge < -0.3 is 15.5 Å². The Kier molecular flexibility index (Phi) is 3.18. The summed E-state index contributed by atoms with van der Waals surface area (Å²) >= 11 is 6.48. The summed E-state index contributed by atoms with van der Waals surface area (Å²) in [6, 6.07) is 3.63. The van der Waals surface area contributed by atoms with Crippen LogP contribution in [0.2, 0.25) is 5.02 Å². The van der Waals surface area contributed by atoms with Crippen molar-refractivity contribution in [3.05, 3.63) is 22.7 Å². The monoisotopic (exact) mass is 293 g/mol. The molecule has 0 saturated carbocycles. The highest BCUT2D eigenvalue weighted by molar-refractivity contribution is 6.33. The summed E-state index contributed by atoms with van der Waals surface area (Å²) in [5.74, 6) is -0.0172. The molecule has 2 aliphatic rings. The van der Waals surface area contributed by atoms with Gasteiger partial charge in [-0.2, -0.15) is 0 Å². The number of nitrogens with one attached hydrogen (secondary N) is 2. The quantitative estimate of drug-likeness (QED) is 0.881. The van der Waals surface area contributed by atoms with Crippen LogP contribution < -0.4 is 15.5 Å². The molecule has 1 fully saturated rings. The molecule has 1 amide bonds. The Hall–Kier alpha value is -1.26. The van der Waals surface area contributed by atoms with Crippen LogP contribution in [0.4, 0.5) is 11.4 Å². The lowest BCUT2D eigenvalue weighted by molar-refractivity contribution is -0.117. The van der Waals surface area contributed by atoms with E-state index in [0.717, 1.165) is 34.9 Å². The number of carbonyl (C=O) groups is 1. The van der Waals surface area contributed by atoms with Gasteiger partial charge in [-0.25, -0.2) is 0 Å². The lowest BCUT2D eigenvalue weighted by atomic mass is 10.0. The Morgan fingerprint density at radius 2 is 2.20 bits per heavy atom. The van der Waals surface area contributed by atoms with E-state index in [9.17, 15) is 4.79 Å². The minimum atomic E-state index is -0.303. The minimum Gasteiger partial charge on any atom is -0.365 e. The van der Waals surface area contributed by atoms with Crippen molar-refractivity contribution in [3.8, 4) is 0 Å². The van der Waals surface area contributed by atoms with Gasteiger partial charge in [-0.05, 0) is 45.9 Å². The molecule has 20 heavy (non-hydrogen) atoms. The first kappa shape index (κ1) is 13.7. The van der Waals surface area contributed by atoms with E-state index in [1.165, 1.54) is 6.42 Å². The van der Waals surface area contributed by atoms with Gasteiger partial charge in [0.25, 0.3) is 0 Å². The van der Waals surface area contributed by atoms with Gasteiger partial charge >= 0.3 is 0 Å². The van der Waals surface area contributed by atoms with E-state index in [4.69, 9.17) is 11.6 Å². The van der Waals surface area contributed by atoms with Crippen LogP contribution in [-0.2, 0) is 4.79 Å². The normalized spacial score (nSPS) is 23.9. The smallest absolute Gasteiger partial charge is 0.246 e. The van der Waals surface area contributed by atoms with Gasteiger partial charge in [-0.3, -0.25) is 4.79 Å². The van der Waals surface area contributed by atoms with Gasteiger partial charge in [-0.1, -0.05) is 11.6 Å². The van der Waals surface area contributed by atoms with Gasteiger partial charge in [0, 0.05) is 23.3 Å². The molecule has 0 aromatic heterocycles. The number of rotatable bonds is 2. The third kappa shape index (κ3) is 1.98. The van der Waals surface area contributed by atoms with Crippen LogP contribution in [0, 0.1) is 0 Å². The molecule has 108 valence electrons. The lowest BCUT2D eigenvalue weighted by Crippen LogP contribution is -2.38. The SMILES string of the molecule is CNC1C(=O)Nc2cc(N3CCCC3(C)C)c(Cl)cc21. The Balaban J connectivity index is 2.04. The van der Waals surface area contributed by atoms with Gasteiger partial charge in [0.15, 0.2) is 0 Å². The van der Waals surface area contributed by atoms with Gasteiger partial charge in [0.2, 0.25) is 5.91 Å². The Morgan fingerprint density at radius 3 is 2.80 bits per heavy atom. The van der Waals surface area contributed by atoms with E-state index in [2.05, 4.69) is 29.4 Å². The summed E-state index contributed by atoms with van der Waals surface area (Å²) in [6.45, 7) is 5.48. The molecule has 5 heteroatoms. The second-order valence-corrected chi connectivity index (χ2v) is 6.58. The first-order chi connectivity index (χ1) is 9.44. The maximum absolute atomic E-state index is 11.9. The van der Waals surface area contributed by atoms with Crippen molar-refractivity contribution in [1.29, 1.82) is 0 Å². The summed E-state index contributed by atoms with van der Waals surface area (Å²) in [6.07, 6.45) is 2.33. The molecule has 1 aromatic rings. The molecular formula is C15H20ClN3O. The molecule has 4 nitrogen and oxygen atoms in total. The molecule has 1 atom stereocenters. The summed E-state index contributed by atoms with van der Waals surface area (Å²) in [4.78, 5) is 14.2. The fourth-order valence-electron chi connectivity index (χ4n) is 3.32. The first-order valence-corrected chi connectivity index (χ1v) is 7.41. The maximum Gasteiger partial charge on any atom is 0.246 e. The van der Waals surface area contributed by atoms with E-state index < -0.39 is 0 Å². The van der Waals surface area contributed by atoms with E-state index in [-0.39, 0.29) is 17.5 Å². The average molecular weight is 294 g/mol. The van der Waals surface area contributed by atoms with E-state index in [0.29, 0.717) is 0 Å². The number of fused-ring (bicyclic) bond motifs is 1. The second-order valence-electron chi connectivity index (χ2n) is 6.17. The molecule has 0 aliphatic carbocycles. The molecule has 1 saturated heterocycles. The van der Waals surface area contributed by atoms with E-state index in [1.807, 2.05) is 12.1 Å². The van der Waals surface area contributed by atoms with Crippen LogP contribution in [0.3, 0.4) is 0 Å². The fraction of sp³-hybridized carbons (Fsp3) is 0.533. The summed E-state index contributed by atoms with van der Waals surface area (Å²) < 4.78 is 0. The zero-order valence-electron chi connectivity index (χ0n) is 12.1. The number of halogens is 1. The molecule has 3 rings (SSSR count). The third-order valence-electron chi connectivity index (χ3n) is 4.43. The second kappa shape index (κ2) is 4.64. The number of hydrogen-bond donors (Lipinski definition) is 2. The predicted molar refractivity (Wildman–Crippen MR) is 82.5 cm³/mol. The Morgan fingerprint density at radius 1 is 1.45 bits per heavy atom. The average Bonchev–Trinajstić information content (AvgIpc) is 2.87. The maximum atomic E-state index is 11.9. The molecule has 0 spiro atoms. The molecule has 2 N–H and O–H groups in total. The number of nitrogens with zero attached hydrogens (tertiary/aromatic N) is 1. The fourth-order valence-corrected chi connectivity index (χ4v) is 3.59. The van der Waals surface area contributed by atoms with E-state index >= 15 is 0 Å². The topological polar surface area (TPSA) is 44.4 Å². The van der Waals surface area contributed by atoms with Crippen molar-refractivity contribution in [3.63, 3.8) is 0 Å². The summed E-state index contributed by atoms with van der Waals surface area (Å²) in [5, 5.41) is 6.67. The summed E-state index contributed by atoms with van der Waals surface area (Å²) in [7, 11) is 1.78. The highest BCUT2D eigenvalue weighted by Crippen LogP contribution is 2.43. The standard InChI is InChI=1S/C15H20ClN3O/c1-15(2)5-4-6-19(15)12-8-11-9(7-10(12)16)13(17-3)14(20)18-11/h7-8,13,17H,4-6H2,1-3H3,(H,18,20). The van der Waals surface area contributed by atoms with Gasteiger partial charge in [0.05, 0.1) is 10.7 Å². The molecular weight excluding hydrogens is 274 g/mol. The number of anilines is 2. The number of benzene rings is 1. The van der Waals surface area contributed by atoms with Crippen molar-refractivity contribution in [2.24, 2.45) is 0 Å². The van der Waals surface area contributed by atoms with Crippen LogP contribution in [0.25, 0.3) is 0 Å². The van der Waals surface area contributed by atoms with Crippen LogP contribution in [0.1, 0.15) is 38.3 Å². The number of likely N-dealkylation sites (N-methyl/N-ethyl adjacent to an activating group) is 1. The van der Waals surface area contributed by atoms with Crippen molar-refractivity contribution in [1.82, 2.24) is 5.32 Å².